The minimum absolute atomic E-state index is 0.102. The van der Waals surface area contributed by atoms with Gasteiger partial charge in [-0.05, 0) is 24.3 Å². The molecule has 0 bridgehead atoms. The zero-order valence-electron chi connectivity index (χ0n) is 13.7. The lowest BCUT2D eigenvalue weighted by Crippen LogP contribution is -2.24. The maximum atomic E-state index is 12.4. The monoisotopic (exact) mass is 373 g/mol. The van der Waals surface area contributed by atoms with E-state index in [-0.39, 0.29) is 11.4 Å². The van der Waals surface area contributed by atoms with Gasteiger partial charge in [0.2, 0.25) is 10.0 Å². The second kappa shape index (κ2) is 7.02. The molecule has 0 fully saturated rings. The van der Waals surface area contributed by atoms with Crippen LogP contribution in [0.1, 0.15) is 5.69 Å². The minimum Gasteiger partial charge on any atom is -0.266 e. The fourth-order valence-electron chi connectivity index (χ4n) is 2.45. The fraction of sp³-hybridized carbons (Fsp3) is 0.125. The Morgan fingerprint density at radius 3 is 2.62 bits per heavy atom. The third-order valence-electron chi connectivity index (χ3n) is 3.65. The molecule has 0 aliphatic heterocycles. The summed E-state index contributed by atoms with van der Waals surface area (Å²) in [5, 5.41) is 15.3. The van der Waals surface area contributed by atoms with Crippen molar-refractivity contribution >= 4 is 15.7 Å². The molecule has 0 saturated heterocycles. The van der Waals surface area contributed by atoms with Crippen molar-refractivity contribution in [2.75, 3.05) is 0 Å². The van der Waals surface area contributed by atoms with E-state index in [2.05, 4.69) is 14.8 Å². The van der Waals surface area contributed by atoms with Gasteiger partial charge in [-0.25, -0.2) is 13.1 Å². The molecule has 9 nitrogen and oxygen atoms in total. The molecule has 0 amide bonds. The zero-order valence-corrected chi connectivity index (χ0v) is 14.5. The maximum absolute atomic E-state index is 12.4. The van der Waals surface area contributed by atoms with E-state index in [4.69, 9.17) is 0 Å². The molecular formula is C16H15N5O4S. The lowest BCUT2D eigenvalue weighted by atomic mass is 10.2. The lowest BCUT2D eigenvalue weighted by molar-refractivity contribution is -0.387. The van der Waals surface area contributed by atoms with Crippen LogP contribution < -0.4 is 4.72 Å². The van der Waals surface area contributed by atoms with Gasteiger partial charge in [0.25, 0.3) is 5.69 Å². The number of pyridine rings is 1. The van der Waals surface area contributed by atoms with Crippen LogP contribution in [0.3, 0.4) is 0 Å². The summed E-state index contributed by atoms with van der Waals surface area (Å²) in [7, 11) is -2.33. The van der Waals surface area contributed by atoms with Crippen molar-refractivity contribution in [3.63, 3.8) is 0 Å². The van der Waals surface area contributed by atoms with E-state index >= 15 is 0 Å². The normalized spacial score (nSPS) is 11.4. The van der Waals surface area contributed by atoms with Crippen LogP contribution in [-0.2, 0) is 23.6 Å². The number of hydrogen-bond donors (Lipinski definition) is 1. The molecule has 2 heterocycles. The quantitative estimate of drug-likeness (QED) is 0.520. The molecule has 1 aromatic carbocycles. The first-order chi connectivity index (χ1) is 12.4. The van der Waals surface area contributed by atoms with E-state index in [1.807, 2.05) is 12.1 Å². The number of nitro benzene ring substituents is 1. The van der Waals surface area contributed by atoms with Crippen LogP contribution in [-0.4, -0.2) is 28.1 Å². The number of rotatable bonds is 6. The molecule has 3 aromatic rings. The highest BCUT2D eigenvalue weighted by molar-refractivity contribution is 7.89. The highest BCUT2D eigenvalue weighted by Gasteiger charge is 2.25. The number of para-hydroxylation sites is 1. The summed E-state index contributed by atoms with van der Waals surface area (Å²) in [4.78, 5) is 14.2. The average Bonchev–Trinajstić information content (AvgIpc) is 3.01. The number of benzene rings is 1. The van der Waals surface area contributed by atoms with Crippen LogP contribution in [0.4, 0.5) is 5.69 Å². The van der Waals surface area contributed by atoms with Crippen LogP contribution in [0.2, 0.25) is 0 Å². The Bertz CT molecular complexity index is 1050. The molecule has 0 radical (unpaired) electrons. The summed E-state index contributed by atoms with van der Waals surface area (Å²) in [6.07, 6.45) is 1.65. The summed E-state index contributed by atoms with van der Waals surface area (Å²) in [6.45, 7) is -0.102. The number of aromatic nitrogens is 3. The third kappa shape index (κ3) is 3.60. The minimum atomic E-state index is -4.06. The SMILES string of the molecule is Cn1nc(CNS(=O)(=O)c2ccccc2[N+](=O)[O-])cc1-c1ccccn1. The molecule has 134 valence electrons. The summed E-state index contributed by atoms with van der Waals surface area (Å²) in [5.41, 5.74) is 1.42. The molecule has 0 saturated carbocycles. The summed E-state index contributed by atoms with van der Waals surface area (Å²) >= 11 is 0. The lowest BCUT2D eigenvalue weighted by Gasteiger charge is -2.05. The summed E-state index contributed by atoms with van der Waals surface area (Å²) in [6, 6.07) is 12.3. The molecule has 3 rings (SSSR count). The van der Waals surface area contributed by atoms with Crippen molar-refractivity contribution in [3.05, 3.63) is 70.5 Å². The molecule has 0 unspecified atom stereocenters. The summed E-state index contributed by atoms with van der Waals surface area (Å²) < 4.78 is 28.8. The fourth-order valence-corrected chi connectivity index (χ4v) is 3.62. The third-order valence-corrected chi connectivity index (χ3v) is 5.10. The molecular weight excluding hydrogens is 358 g/mol. The van der Waals surface area contributed by atoms with Crippen molar-refractivity contribution in [1.29, 1.82) is 0 Å². The van der Waals surface area contributed by atoms with Crippen LogP contribution in [0.5, 0.6) is 0 Å². The Kier molecular flexibility index (Phi) is 4.78. The second-order valence-corrected chi connectivity index (χ2v) is 7.14. The van der Waals surface area contributed by atoms with Gasteiger partial charge in [-0.1, -0.05) is 18.2 Å². The second-order valence-electron chi connectivity index (χ2n) is 5.41. The topological polar surface area (TPSA) is 120 Å². The standard InChI is InChI=1S/C16H15N5O4S/c1-20-15(13-6-4-5-9-17-13)10-12(19-20)11-18-26(24,25)16-8-3-2-7-14(16)21(22)23/h2-10,18H,11H2,1H3. The van der Waals surface area contributed by atoms with Gasteiger partial charge in [-0.15, -0.1) is 0 Å². The predicted molar refractivity (Wildman–Crippen MR) is 93.6 cm³/mol. The largest absolute Gasteiger partial charge is 0.289 e. The highest BCUT2D eigenvalue weighted by Crippen LogP contribution is 2.23. The molecule has 0 aliphatic rings. The summed E-state index contributed by atoms with van der Waals surface area (Å²) in [5.74, 6) is 0. The van der Waals surface area contributed by atoms with Gasteiger partial charge in [0.05, 0.1) is 28.5 Å². The van der Waals surface area contributed by atoms with Crippen molar-refractivity contribution in [2.24, 2.45) is 7.05 Å². The molecule has 0 spiro atoms. The molecule has 1 N–H and O–H groups in total. The van der Waals surface area contributed by atoms with Crippen molar-refractivity contribution in [1.82, 2.24) is 19.5 Å². The van der Waals surface area contributed by atoms with E-state index in [0.717, 1.165) is 11.8 Å². The Balaban J connectivity index is 1.83. The number of nitrogens with one attached hydrogen (secondary N) is 1. The first kappa shape index (κ1) is 17.7. The van der Waals surface area contributed by atoms with Crippen LogP contribution in [0, 0.1) is 10.1 Å². The van der Waals surface area contributed by atoms with Crippen LogP contribution >= 0.6 is 0 Å². The zero-order chi connectivity index (χ0) is 18.7. The molecule has 0 aliphatic carbocycles. The Morgan fingerprint density at radius 2 is 1.92 bits per heavy atom. The van der Waals surface area contributed by atoms with Crippen LogP contribution in [0.15, 0.2) is 59.6 Å². The van der Waals surface area contributed by atoms with Crippen molar-refractivity contribution in [2.45, 2.75) is 11.4 Å². The number of hydrogen-bond acceptors (Lipinski definition) is 6. The first-order valence-electron chi connectivity index (χ1n) is 7.56. The van der Waals surface area contributed by atoms with Crippen LogP contribution in [0.25, 0.3) is 11.4 Å². The smallest absolute Gasteiger partial charge is 0.266 e. The van der Waals surface area contributed by atoms with Crippen molar-refractivity contribution in [3.8, 4) is 11.4 Å². The van der Waals surface area contributed by atoms with Gasteiger partial charge in [0.1, 0.15) is 0 Å². The number of aryl methyl sites for hydroxylation is 1. The molecule has 10 heteroatoms. The number of nitro groups is 1. The molecule has 2 aromatic heterocycles. The van der Waals surface area contributed by atoms with Gasteiger partial charge < -0.3 is 0 Å². The molecule has 26 heavy (non-hydrogen) atoms. The van der Waals surface area contributed by atoms with Gasteiger partial charge in [0.15, 0.2) is 4.90 Å². The van der Waals surface area contributed by atoms with E-state index in [0.29, 0.717) is 11.4 Å². The van der Waals surface area contributed by atoms with Gasteiger partial charge in [-0.2, -0.15) is 5.10 Å². The van der Waals surface area contributed by atoms with Crippen molar-refractivity contribution < 1.29 is 13.3 Å². The maximum Gasteiger partial charge on any atom is 0.289 e. The van der Waals surface area contributed by atoms with Gasteiger partial charge in [0, 0.05) is 19.3 Å². The number of sulfonamides is 1. The van der Waals surface area contributed by atoms with E-state index < -0.39 is 20.6 Å². The Labute approximate surface area is 149 Å². The Morgan fingerprint density at radius 1 is 1.19 bits per heavy atom. The van der Waals surface area contributed by atoms with E-state index in [1.54, 1.807) is 30.1 Å². The predicted octanol–water partition coefficient (Wildman–Crippen LogP) is 1.87. The van der Waals surface area contributed by atoms with Gasteiger partial charge in [-0.3, -0.25) is 19.8 Å². The highest BCUT2D eigenvalue weighted by atomic mass is 32.2. The number of nitrogens with zero attached hydrogens (tertiary/aromatic N) is 4. The van der Waals surface area contributed by atoms with E-state index in [9.17, 15) is 18.5 Å². The van der Waals surface area contributed by atoms with E-state index in [1.165, 1.54) is 18.2 Å². The average molecular weight is 373 g/mol. The first-order valence-corrected chi connectivity index (χ1v) is 9.04. The molecule has 0 atom stereocenters. The Hall–Kier alpha value is -3.11. The van der Waals surface area contributed by atoms with Gasteiger partial charge >= 0.3 is 0 Å².